The van der Waals surface area contributed by atoms with Crippen LogP contribution in [-0.2, 0) is 10.0 Å². The molecule has 1 aliphatic heterocycles. The summed E-state index contributed by atoms with van der Waals surface area (Å²) in [5.41, 5.74) is 0.254. The highest BCUT2D eigenvalue weighted by Crippen LogP contribution is 2.42. The van der Waals surface area contributed by atoms with Gasteiger partial charge in [0.1, 0.15) is 6.29 Å². The number of carbonyl (C=O) groups excluding carboxylic acids is 1. The van der Waals surface area contributed by atoms with Crippen LogP contribution in [0.2, 0.25) is 0 Å². The van der Waals surface area contributed by atoms with Crippen LogP contribution in [0.3, 0.4) is 0 Å². The molecule has 0 unspecified atom stereocenters. The molecule has 0 aromatic rings. The van der Waals surface area contributed by atoms with E-state index in [1.54, 1.807) is 13.8 Å². The smallest absolute Gasteiger partial charge is 0.147 e. The van der Waals surface area contributed by atoms with E-state index >= 15 is 0 Å². The van der Waals surface area contributed by atoms with Crippen LogP contribution in [0.1, 0.15) is 34.6 Å². The molecule has 0 saturated carbocycles. The summed E-state index contributed by atoms with van der Waals surface area (Å²) in [6.07, 6.45) is 0.801. The summed E-state index contributed by atoms with van der Waals surface area (Å²) in [7, 11) is 0. The molecule has 1 heterocycles. The lowest BCUT2D eigenvalue weighted by Crippen LogP contribution is -2.47. The van der Waals surface area contributed by atoms with E-state index in [4.69, 9.17) is 0 Å². The van der Waals surface area contributed by atoms with Crippen molar-refractivity contribution in [3.05, 3.63) is 11.1 Å². The average Bonchev–Trinajstić information content (AvgIpc) is 2.12. The quantitative estimate of drug-likeness (QED) is 0.579. The molecule has 73 valence electrons. The second-order valence-corrected chi connectivity index (χ2v) is 4.57. The van der Waals surface area contributed by atoms with Crippen molar-refractivity contribution in [2.45, 2.75) is 45.7 Å². The van der Waals surface area contributed by atoms with Gasteiger partial charge in [-0.3, -0.25) is 4.79 Å². The third kappa shape index (κ3) is 1.15. The Labute approximate surface area is 79.0 Å². The number of hydroxylamine groups is 2. The Balaban J connectivity index is 3.31. The first-order valence-corrected chi connectivity index (χ1v) is 4.40. The average molecular weight is 182 g/mol. The Kier molecular flexibility index (Phi) is 2.13. The van der Waals surface area contributed by atoms with Crippen molar-refractivity contribution in [2.24, 2.45) is 0 Å². The maximum absolute atomic E-state index is 11.8. The fraction of sp³-hybridized carbons (Fsp3) is 0.700. The molecule has 1 aliphatic rings. The number of rotatable bonds is 1. The summed E-state index contributed by atoms with van der Waals surface area (Å²) in [6.45, 7) is 9.09. The number of carbonyl (C=O) groups is 1. The summed E-state index contributed by atoms with van der Waals surface area (Å²) in [5, 5.41) is 12.8. The van der Waals surface area contributed by atoms with Crippen LogP contribution in [0, 0.1) is 0 Å². The van der Waals surface area contributed by atoms with Crippen LogP contribution in [0.25, 0.3) is 0 Å². The van der Waals surface area contributed by atoms with Crippen molar-refractivity contribution in [1.82, 2.24) is 5.06 Å². The van der Waals surface area contributed by atoms with Gasteiger partial charge in [0.15, 0.2) is 0 Å². The third-order valence-electron chi connectivity index (χ3n) is 3.11. The van der Waals surface area contributed by atoms with Gasteiger partial charge in [0.05, 0.1) is 11.1 Å². The molecule has 13 heavy (non-hydrogen) atoms. The highest BCUT2D eigenvalue weighted by Gasteiger charge is 2.49. The molecule has 0 aliphatic carbocycles. The van der Waals surface area contributed by atoms with Crippen molar-refractivity contribution in [1.29, 1.82) is 0 Å². The molecule has 3 heteroatoms. The zero-order valence-corrected chi connectivity index (χ0v) is 8.84. The van der Waals surface area contributed by atoms with Gasteiger partial charge in [-0.15, -0.1) is 10.3 Å². The second-order valence-electron chi connectivity index (χ2n) is 4.57. The first kappa shape index (κ1) is 10.4. The van der Waals surface area contributed by atoms with Crippen LogP contribution in [-0.4, -0.2) is 22.4 Å². The molecule has 0 aromatic carbocycles. The fourth-order valence-electron chi connectivity index (χ4n) is 1.98. The first-order chi connectivity index (χ1) is 5.76. The highest BCUT2D eigenvalue weighted by molar-refractivity contribution is 5.80. The molecule has 0 amide bonds. The van der Waals surface area contributed by atoms with Gasteiger partial charge in [-0.1, -0.05) is 0 Å². The third-order valence-corrected chi connectivity index (χ3v) is 3.11. The Hall–Kier alpha value is -0.670. The number of hydrogen-bond acceptors (Lipinski definition) is 2. The van der Waals surface area contributed by atoms with Crippen molar-refractivity contribution >= 4 is 6.29 Å². The molecule has 0 saturated heterocycles. The van der Waals surface area contributed by atoms with Crippen molar-refractivity contribution in [3.63, 3.8) is 0 Å². The van der Waals surface area contributed by atoms with Crippen LogP contribution in [0.15, 0.2) is 11.1 Å². The molecule has 0 spiro atoms. The monoisotopic (exact) mass is 182 g/mol. The van der Waals surface area contributed by atoms with Gasteiger partial charge in [0.25, 0.3) is 0 Å². The standard InChI is InChI=1S/C10H16NO2/c1-7-8(6-12)10(4,5)11(13)9(7,2)3/h6H,1-5H3. The molecule has 0 bridgehead atoms. The zero-order valence-electron chi connectivity index (χ0n) is 8.84. The predicted molar refractivity (Wildman–Crippen MR) is 49.4 cm³/mol. The topological polar surface area (TPSA) is 40.2 Å². The lowest BCUT2D eigenvalue weighted by atomic mass is 9.93. The van der Waals surface area contributed by atoms with Gasteiger partial charge >= 0.3 is 0 Å². The Bertz CT molecular complexity index is 277. The van der Waals surface area contributed by atoms with Crippen molar-refractivity contribution < 1.29 is 10.0 Å². The highest BCUT2D eigenvalue weighted by atomic mass is 16.5. The van der Waals surface area contributed by atoms with Crippen LogP contribution >= 0.6 is 0 Å². The van der Waals surface area contributed by atoms with Crippen LogP contribution in [0.5, 0.6) is 0 Å². The van der Waals surface area contributed by atoms with Crippen LogP contribution < -0.4 is 0 Å². The molecule has 3 nitrogen and oxygen atoms in total. The molecular formula is C10H16NO2. The minimum atomic E-state index is -0.685. The minimum Gasteiger partial charge on any atom is -0.298 e. The Morgan fingerprint density at radius 3 is 1.77 bits per heavy atom. The van der Waals surface area contributed by atoms with E-state index in [0.29, 0.717) is 5.57 Å². The molecule has 0 aromatic heterocycles. The van der Waals surface area contributed by atoms with Gasteiger partial charge in [0, 0.05) is 5.57 Å². The Morgan fingerprint density at radius 2 is 1.62 bits per heavy atom. The normalized spacial score (nSPS) is 26.6. The van der Waals surface area contributed by atoms with E-state index < -0.39 is 11.1 Å². The van der Waals surface area contributed by atoms with E-state index in [-0.39, 0.29) is 0 Å². The van der Waals surface area contributed by atoms with E-state index in [1.807, 2.05) is 20.8 Å². The Morgan fingerprint density at radius 1 is 1.15 bits per heavy atom. The fourth-order valence-corrected chi connectivity index (χ4v) is 1.98. The summed E-state index contributed by atoms with van der Waals surface area (Å²) < 4.78 is 0. The zero-order chi connectivity index (χ0) is 10.4. The molecular weight excluding hydrogens is 166 g/mol. The maximum Gasteiger partial charge on any atom is 0.147 e. The maximum atomic E-state index is 11.8. The van der Waals surface area contributed by atoms with Crippen LogP contribution in [0.4, 0.5) is 0 Å². The van der Waals surface area contributed by atoms with Crippen molar-refractivity contribution in [2.75, 3.05) is 0 Å². The predicted octanol–water partition coefficient (Wildman–Crippen LogP) is 1.72. The van der Waals surface area contributed by atoms with Gasteiger partial charge < -0.3 is 0 Å². The SMILES string of the molecule is CC1=C(C=O)C(C)(C)N([O])C1(C)C. The lowest BCUT2D eigenvalue weighted by molar-refractivity contribution is -0.239. The van der Waals surface area contributed by atoms with Gasteiger partial charge in [-0.2, -0.15) is 0 Å². The summed E-state index contributed by atoms with van der Waals surface area (Å²) in [4.78, 5) is 10.8. The largest absolute Gasteiger partial charge is 0.298 e. The van der Waals surface area contributed by atoms with E-state index in [0.717, 1.165) is 16.9 Å². The summed E-state index contributed by atoms with van der Waals surface area (Å²) in [6, 6.07) is 0. The molecule has 0 N–H and O–H groups in total. The molecule has 0 fully saturated rings. The number of aldehydes is 1. The molecule has 1 radical (unpaired) electrons. The minimum absolute atomic E-state index is 0.556. The van der Waals surface area contributed by atoms with Gasteiger partial charge in [0.2, 0.25) is 0 Å². The number of nitrogens with zero attached hydrogens (tertiary/aromatic N) is 1. The van der Waals surface area contributed by atoms with Gasteiger partial charge in [-0.05, 0) is 40.2 Å². The summed E-state index contributed by atoms with van der Waals surface area (Å²) in [5.74, 6) is 0. The molecule has 0 atom stereocenters. The summed E-state index contributed by atoms with van der Waals surface area (Å²) >= 11 is 0. The van der Waals surface area contributed by atoms with E-state index in [9.17, 15) is 10.0 Å². The molecule has 1 rings (SSSR count). The van der Waals surface area contributed by atoms with Crippen molar-refractivity contribution in [3.8, 4) is 0 Å². The second kappa shape index (κ2) is 2.66. The van der Waals surface area contributed by atoms with E-state index in [1.165, 1.54) is 0 Å². The first-order valence-electron chi connectivity index (χ1n) is 4.40. The van der Waals surface area contributed by atoms with E-state index in [2.05, 4.69) is 0 Å². The number of hydrogen-bond donors (Lipinski definition) is 0. The lowest BCUT2D eigenvalue weighted by Gasteiger charge is -2.33. The van der Waals surface area contributed by atoms with Gasteiger partial charge in [-0.25, -0.2) is 0 Å².